The fraction of sp³-hybridized carbons (Fsp3) is 0.286. The van der Waals surface area contributed by atoms with E-state index in [1.54, 1.807) is 18.2 Å². The molecule has 0 saturated heterocycles. The van der Waals surface area contributed by atoms with Gasteiger partial charge >= 0.3 is 5.97 Å². The minimum atomic E-state index is -0.974. The van der Waals surface area contributed by atoms with Crippen LogP contribution in [0.1, 0.15) is 22.5 Å². The van der Waals surface area contributed by atoms with Crippen molar-refractivity contribution in [2.75, 3.05) is 6.61 Å². The van der Waals surface area contributed by atoms with Crippen molar-refractivity contribution in [3.8, 4) is 5.75 Å². The van der Waals surface area contributed by atoms with Crippen molar-refractivity contribution in [3.63, 3.8) is 0 Å². The Morgan fingerprint density at radius 1 is 1.37 bits per heavy atom. The van der Waals surface area contributed by atoms with Crippen molar-refractivity contribution in [2.24, 2.45) is 0 Å². The van der Waals surface area contributed by atoms with E-state index in [0.717, 1.165) is 18.7 Å². The fourth-order valence-electron chi connectivity index (χ4n) is 1.77. The van der Waals surface area contributed by atoms with Gasteiger partial charge in [-0.2, -0.15) is 5.10 Å². The van der Waals surface area contributed by atoms with Gasteiger partial charge in [-0.15, -0.1) is 0 Å². The lowest BCUT2D eigenvalue weighted by atomic mass is 10.2. The smallest absolute Gasteiger partial charge is 0.339 e. The summed E-state index contributed by atoms with van der Waals surface area (Å²) in [5.74, 6) is -0.565. The normalized spacial score (nSPS) is 10.4. The quantitative estimate of drug-likeness (QED) is 0.810. The third kappa shape index (κ3) is 3.58. The van der Waals surface area contributed by atoms with E-state index in [2.05, 4.69) is 5.10 Å². The molecule has 2 aromatic rings. The third-order valence-electron chi connectivity index (χ3n) is 2.68. The van der Waals surface area contributed by atoms with Gasteiger partial charge in [0.2, 0.25) is 0 Å². The number of aryl methyl sites for hydroxylation is 2. The maximum absolute atomic E-state index is 11.0. The number of para-hydroxylation sites is 1. The van der Waals surface area contributed by atoms with Crippen molar-refractivity contribution < 1.29 is 14.6 Å². The maximum atomic E-state index is 11.0. The first-order chi connectivity index (χ1) is 9.16. The summed E-state index contributed by atoms with van der Waals surface area (Å²) in [7, 11) is 0. The van der Waals surface area contributed by atoms with Crippen LogP contribution >= 0.6 is 0 Å². The summed E-state index contributed by atoms with van der Waals surface area (Å²) in [4.78, 5) is 11.0. The Morgan fingerprint density at radius 2 is 2.16 bits per heavy atom. The molecule has 0 fully saturated rings. The fourth-order valence-corrected chi connectivity index (χ4v) is 1.77. The van der Waals surface area contributed by atoms with Crippen molar-refractivity contribution in [1.29, 1.82) is 0 Å². The number of hydrogen-bond acceptors (Lipinski definition) is 3. The van der Waals surface area contributed by atoms with Crippen LogP contribution in [-0.4, -0.2) is 27.5 Å². The minimum Gasteiger partial charge on any atom is -0.493 e. The van der Waals surface area contributed by atoms with Gasteiger partial charge < -0.3 is 9.84 Å². The number of carboxylic acids is 1. The molecule has 100 valence electrons. The number of rotatable bonds is 6. The molecular formula is C14H16N2O3. The van der Waals surface area contributed by atoms with Gasteiger partial charge in [0.1, 0.15) is 11.3 Å². The lowest BCUT2D eigenvalue weighted by Crippen LogP contribution is -2.07. The zero-order valence-electron chi connectivity index (χ0n) is 10.7. The second-order valence-electron chi connectivity index (χ2n) is 4.22. The summed E-state index contributed by atoms with van der Waals surface area (Å²) in [6.45, 7) is 3.16. The van der Waals surface area contributed by atoms with E-state index in [-0.39, 0.29) is 5.56 Å². The molecular weight excluding hydrogens is 244 g/mol. The molecule has 0 atom stereocenters. The molecule has 0 unspecified atom stereocenters. The molecule has 0 spiro atoms. The van der Waals surface area contributed by atoms with Crippen LogP contribution in [0.3, 0.4) is 0 Å². The lowest BCUT2D eigenvalue weighted by Gasteiger charge is -2.08. The van der Waals surface area contributed by atoms with Crippen LogP contribution in [0, 0.1) is 6.92 Å². The summed E-state index contributed by atoms with van der Waals surface area (Å²) in [5, 5.41) is 13.3. The number of aromatic nitrogens is 2. The Morgan fingerprint density at radius 3 is 2.84 bits per heavy atom. The number of ether oxygens (including phenoxy) is 1. The van der Waals surface area contributed by atoms with Gasteiger partial charge in [-0.3, -0.25) is 4.68 Å². The van der Waals surface area contributed by atoms with Gasteiger partial charge in [-0.1, -0.05) is 12.1 Å². The van der Waals surface area contributed by atoms with E-state index in [1.807, 2.05) is 23.9 Å². The highest BCUT2D eigenvalue weighted by Crippen LogP contribution is 2.17. The van der Waals surface area contributed by atoms with Crippen LogP contribution in [0.15, 0.2) is 36.5 Å². The van der Waals surface area contributed by atoms with Crippen LogP contribution < -0.4 is 4.74 Å². The molecule has 0 radical (unpaired) electrons. The van der Waals surface area contributed by atoms with Crippen LogP contribution in [0.25, 0.3) is 0 Å². The Kier molecular flexibility index (Phi) is 4.18. The van der Waals surface area contributed by atoms with Crippen LogP contribution in [0.4, 0.5) is 0 Å². The third-order valence-corrected chi connectivity index (χ3v) is 2.68. The topological polar surface area (TPSA) is 64.3 Å². The minimum absolute atomic E-state index is 0.192. The highest BCUT2D eigenvalue weighted by Gasteiger charge is 2.09. The van der Waals surface area contributed by atoms with Crippen molar-refractivity contribution >= 4 is 5.97 Å². The molecule has 19 heavy (non-hydrogen) atoms. The van der Waals surface area contributed by atoms with E-state index < -0.39 is 5.97 Å². The number of hydrogen-bond donors (Lipinski definition) is 1. The molecule has 1 N–H and O–H groups in total. The molecule has 5 nitrogen and oxygen atoms in total. The first kappa shape index (κ1) is 13.1. The van der Waals surface area contributed by atoms with E-state index in [4.69, 9.17) is 9.84 Å². The number of aromatic carboxylic acids is 1. The highest BCUT2D eigenvalue weighted by atomic mass is 16.5. The number of carbonyl (C=O) groups is 1. The molecule has 2 rings (SSSR count). The molecule has 0 saturated carbocycles. The Balaban J connectivity index is 1.84. The van der Waals surface area contributed by atoms with Crippen LogP contribution in [0.2, 0.25) is 0 Å². The molecule has 1 aromatic carbocycles. The monoisotopic (exact) mass is 260 g/mol. The average molecular weight is 260 g/mol. The summed E-state index contributed by atoms with van der Waals surface area (Å²) >= 11 is 0. The van der Waals surface area contributed by atoms with Gasteiger partial charge in [-0.05, 0) is 25.1 Å². The Bertz CT molecular complexity index is 563. The van der Waals surface area contributed by atoms with E-state index in [1.165, 1.54) is 6.07 Å². The maximum Gasteiger partial charge on any atom is 0.339 e. The van der Waals surface area contributed by atoms with E-state index >= 15 is 0 Å². The van der Waals surface area contributed by atoms with Gasteiger partial charge in [0.25, 0.3) is 0 Å². The van der Waals surface area contributed by atoms with Gasteiger partial charge in [0.05, 0.1) is 12.3 Å². The Hall–Kier alpha value is -2.30. The highest BCUT2D eigenvalue weighted by molar-refractivity contribution is 5.90. The lowest BCUT2D eigenvalue weighted by molar-refractivity contribution is 0.0692. The van der Waals surface area contributed by atoms with Crippen molar-refractivity contribution in [3.05, 3.63) is 47.8 Å². The molecule has 0 aliphatic carbocycles. The van der Waals surface area contributed by atoms with E-state index in [9.17, 15) is 4.79 Å². The number of benzene rings is 1. The molecule has 0 bridgehead atoms. The summed E-state index contributed by atoms with van der Waals surface area (Å²) < 4.78 is 7.35. The second kappa shape index (κ2) is 6.04. The molecule has 1 heterocycles. The first-order valence-electron chi connectivity index (χ1n) is 6.12. The molecule has 0 aliphatic rings. The van der Waals surface area contributed by atoms with Crippen molar-refractivity contribution in [1.82, 2.24) is 9.78 Å². The zero-order valence-corrected chi connectivity index (χ0v) is 10.7. The first-order valence-corrected chi connectivity index (χ1v) is 6.12. The van der Waals surface area contributed by atoms with Crippen molar-refractivity contribution in [2.45, 2.75) is 19.9 Å². The summed E-state index contributed by atoms with van der Waals surface area (Å²) in [6, 6.07) is 8.60. The van der Waals surface area contributed by atoms with Crippen LogP contribution in [0.5, 0.6) is 5.75 Å². The Labute approximate surface area is 111 Å². The van der Waals surface area contributed by atoms with Gasteiger partial charge in [-0.25, -0.2) is 4.79 Å². The number of nitrogens with zero attached hydrogens (tertiary/aromatic N) is 2. The van der Waals surface area contributed by atoms with Crippen LogP contribution in [-0.2, 0) is 6.54 Å². The standard InChI is InChI=1S/C14H16N2O3/c1-11-7-9-16(15-11)8-4-10-19-13-6-3-2-5-12(13)14(17)18/h2-3,5-7,9H,4,8,10H2,1H3,(H,17,18). The molecule has 5 heteroatoms. The molecule has 1 aromatic heterocycles. The predicted octanol–water partition coefficient (Wildman–Crippen LogP) is 2.36. The predicted molar refractivity (Wildman–Crippen MR) is 70.5 cm³/mol. The second-order valence-corrected chi connectivity index (χ2v) is 4.22. The average Bonchev–Trinajstić information content (AvgIpc) is 2.81. The van der Waals surface area contributed by atoms with E-state index in [0.29, 0.717) is 12.4 Å². The molecule has 0 amide bonds. The number of carboxylic acid groups (broad SMARTS) is 1. The zero-order chi connectivity index (χ0) is 13.7. The summed E-state index contributed by atoms with van der Waals surface area (Å²) in [6.07, 6.45) is 2.69. The largest absolute Gasteiger partial charge is 0.493 e. The molecule has 0 aliphatic heterocycles. The van der Waals surface area contributed by atoms with Gasteiger partial charge in [0.15, 0.2) is 0 Å². The SMILES string of the molecule is Cc1ccn(CCCOc2ccccc2C(=O)O)n1. The van der Waals surface area contributed by atoms with Gasteiger partial charge in [0, 0.05) is 19.2 Å². The summed E-state index contributed by atoms with van der Waals surface area (Å²) in [5.41, 5.74) is 1.18.